The molecule has 5 heteroatoms. The molecule has 2 rings (SSSR count). The topological polar surface area (TPSA) is 41.6 Å². The van der Waals surface area contributed by atoms with Crippen LogP contribution in [0.4, 0.5) is 5.69 Å². The summed E-state index contributed by atoms with van der Waals surface area (Å²) in [6.45, 7) is 7.07. The van der Waals surface area contributed by atoms with Crippen LogP contribution in [-0.4, -0.2) is 30.2 Å². The van der Waals surface area contributed by atoms with Gasteiger partial charge in [-0.25, -0.2) is 4.79 Å². The zero-order valence-corrected chi connectivity index (χ0v) is 13.6. The number of hydrogen-bond acceptors (Lipinski definition) is 4. The number of rotatable bonds is 3. The van der Waals surface area contributed by atoms with E-state index >= 15 is 0 Å². The van der Waals surface area contributed by atoms with Crippen LogP contribution in [0.2, 0.25) is 5.02 Å². The normalized spacial score (nSPS) is 17.5. The van der Waals surface area contributed by atoms with E-state index in [9.17, 15) is 4.79 Å². The molecule has 0 bridgehead atoms. The van der Waals surface area contributed by atoms with Gasteiger partial charge in [0.15, 0.2) is 0 Å². The molecule has 1 aliphatic heterocycles. The van der Waals surface area contributed by atoms with Gasteiger partial charge in [0, 0.05) is 19.1 Å². The van der Waals surface area contributed by atoms with E-state index in [1.165, 1.54) is 0 Å². The fraction of sp³-hybridized carbons (Fsp3) is 0.562. The lowest BCUT2D eigenvalue weighted by Gasteiger charge is -2.33. The summed E-state index contributed by atoms with van der Waals surface area (Å²) in [5.41, 5.74) is 0.497. The van der Waals surface area contributed by atoms with Crippen molar-refractivity contribution in [1.29, 1.82) is 0 Å². The number of halogens is 1. The molecular weight excluding hydrogens is 288 g/mol. The number of nitrogens with one attached hydrogen (secondary N) is 1. The number of nitrogens with zero attached hydrogens (tertiary/aromatic N) is 1. The minimum Gasteiger partial charge on any atom is -0.381 e. The second kappa shape index (κ2) is 6.67. The van der Waals surface area contributed by atoms with Crippen molar-refractivity contribution in [3.05, 3.63) is 29.3 Å². The van der Waals surface area contributed by atoms with Crippen molar-refractivity contribution < 1.29 is 9.63 Å². The quantitative estimate of drug-likeness (QED) is 0.924. The van der Waals surface area contributed by atoms with Gasteiger partial charge in [-0.05, 0) is 45.7 Å². The molecular formula is C16H23ClN2O2. The molecule has 0 atom stereocenters. The van der Waals surface area contributed by atoms with Gasteiger partial charge >= 0.3 is 5.97 Å². The number of carbonyl (C=O) groups is 1. The molecule has 1 aliphatic rings. The number of piperidine rings is 1. The van der Waals surface area contributed by atoms with Crippen molar-refractivity contribution in [2.24, 2.45) is 5.41 Å². The van der Waals surface area contributed by atoms with Crippen LogP contribution in [0.5, 0.6) is 0 Å². The number of hydrogen-bond donors (Lipinski definition) is 1. The maximum Gasteiger partial charge on any atom is 0.330 e. The molecule has 1 aromatic rings. The second-order valence-electron chi connectivity index (χ2n) is 6.46. The van der Waals surface area contributed by atoms with Crippen molar-refractivity contribution in [2.75, 3.05) is 18.4 Å². The van der Waals surface area contributed by atoms with Crippen molar-refractivity contribution >= 4 is 23.3 Å². The molecule has 1 fully saturated rings. The summed E-state index contributed by atoms with van der Waals surface area (Å²) in [5, 5.41) is 5.95. The van der Waals surface area contributed by atoms with Gasteiger partial charge in [0.25, 0.3) is 0 Å². The van der Waals surface area contributed by atoms with E-state index in [0.717, 1.165) is 36.6 Å². The predicted octanol–water partition coefficient (Wildman–Crippen LogP) is 3.72. The minimum atomic E-state index is -0.466. The molecule has 0 aromatic heterocycles. The summed E-state index contributed by atoms with van der Waals surface area (Å²) >= 11 is 6.15. The molecule has 116 valence electrons. The van der Waals surface area contributed by atoms with Gasteiger partial charge in [-0.15, -0.1) is 5.06 Å². The molecule has 1 aromatic carbocycles. The largest absolute Gasteiger partial charge is 0.381 e. The van der Waals surface area contributed by atoms with Crippen LogP contribution in [0.3, 0.4) is 0 Å². The smallest absolute Gasteiger partial charge is 0.330 e. The van der Waals surface area contributed by atoms with Crippen LogP contribution < -0.4 is 5.32 Å². The lowest BCUT2D eigenvalue weighted by Crippen LogP contribution is -2.42. The van der Waals surface area contributed by atoms with E-state index in [-0.39, 0.29) is 5.97 Å². The van der Waals surface area contributed by atoms with E-state index in [4.69, 9.17) is 16.4 Å². The Hall–Kier alpha value is -1.26. The molecule has 0 radical (unpaired) electrons. The highest BCUT2D eigenvalue weighted by atomic mass is 35.5. The van der Waals surface area contributed by atoms with Crippen molar-refractivity contribution in [3.63, 3.8) is 0 Å². The number of carbonyl (C=O) groups excluding carboxylic acids is 1. The van der Waals surface area contributed by atoms with Gasteiger partial charge in [-0.2, -0.15) is 0 Å². The van der Waals surface area contributed by atoms with Crippen LogP contribution in [0.15, 0.2) is 24.3 Å². The van der Waals surface area contributed by atoms with Gasteiger partial charge in [0.1, 0.15) is 0 Å². The standard InChI is InChI=1S/C16H23ClN2O2/c1-16(2,3)15(20)21-19-10-8-12(9-11-19)18-14-7-5-4-6-13(14)17/h4-7,12,18H,8-11H2,1-3H3. The Kier molecular flexibility index (Phi) is 5.12. The summed E-state index contributed by atoms with van der Waals surface area (Å²) in [6.07, 6.45) is 1.84. The highest BCUT2D eigenvalue weighted by molar-refractivity contribution is 6.33. The van der Waals surface area contributed by atoms with Crippen LogP contribution in [0.1, 0.15) is 33.6 Å². The van der Waals surface area contributed by atoms with E-state index < -0.39 is 5.41 Å². The van der Waals surface area contributed by atoms with Crippen molar-refractivity contribution in [2.45, 2.75) is 39.7 Å². The number of para-hydroxylation sites is 1. The Balaban J connectivity index is 1.81. The van der Waals surface area contributed by atoms with Crippen molar-refractivity contribution in [1.82, 2.24) is 5.06 Å². The number of hydroxylamine groups is 2. The summed E-state index contributed by atoms with van der Waals surface area (Å²) < 4.78 is 0. The third-order valence-corrected chi connectivity index (χ3v) is 3.84. The molecule has 0 amide bonds. The molecule has 0 aliphatic carbocycles. The molecule has 1 N–H and O–H groups in total. The zero-order valence-electron chi connectivity index (χ0n) is 12.9. The van der Waals surface area contributed by atoms with Crippen LogP contribution in [-0.2, 0) is 9.63 Å². The summed E-state index contributed by atoms with van der Waals surface area (Å²) in [7, 11) is 0. The first kappa shape index (κ1) is 16.1. The predicted molar refractivity (Wildman–Crippen MR) is 85.2 cm³/mol. The molecule has 0 saturated carbocycles. The third-order valence-electron chi connectivity index (χ3n) is 3.51. The Morgan fingerprint density at radius 2 is 1.90 bits per heavy atom. The highest BCUT2D eigenvalue weighted by Gasteiger charge is 2.28. The molecule has 0 unspecified atom stereocenters. The van der Waals surface area contributed by atoms with Crippen molar-refractivity contribution in [3.8, 4) is 0 Å². The first-order chi connectivity index (χ1) is 9.86. The monoisotopic (exact) mass is 310 g/mol. The second-order valence-corrected chi connectivity index (χ2v) is 6.86. The first-order valence-corrected chi connectivity index (χ1v) is 7.72. The van der Waals surface area contributed by atoms with Gasteiger partial charge in [0.05, 0.1) is 16.1 Å². The first-order valence-electron chi connectivity index (χ1n) is 7.34. The zero-order chi connectivity index (χ0) is 15.5. The fourth-order valence-electron chi connectivity index (χ4n) is 2.14. The number of benzene rings is 1. The Morgan fingerprint density at radius 1 is 1.29 bits per heavy atom. The Morgan fingerprint density at radius 3 is 2.48 bits per heavy atom. The van der Waals surface area contributed by atoms with E-state index in [2.05, 4.69) is 5.32 Å². The average Bonchev–Trinajstić information content (AvgIpc) is 2.42. The molecule has 1 heterocycles. The van der Waals surface area contributed by atoms with Gasteiger partial charge in [-0.3, -0.25) is 0 Å². The van der Waals surface area contributed by atoms with Crippen LogP contribution >= 0.6 is 11.6 Å². The minimum absolute atomic E-state index is 0.181. The van der Waals surface area contributed by atoms with Gasteiger partial charge in [-0.1, -0.05) is 23.7 Å². The van der Waals surface area contributed by atoms with Gasteiger partial charge in [0.2, 0.25) is 0 Å². The number of anilines is 1. The SMILES string of the molecule is CC(C)(C)C(=O)ON1CCC(Nc2ccccc2Cl)CC1. The molecule has 4 nitrogen and oxygen atoms in total. The van der Waals surface area contributed by atoms with Crippen LogP contribution in [0.25, 0.3) is 0 Å². The third kappa shape index (κ3) is 4.61. The average molecular weight is 311 g/mol. The van der Waals surface area contributed by atoms with Crippen LogP contribution in [0, 0.1) is 5.41 Å². The summed E-state index contributed by atoms with van der Waals surface area (Å²) in [6, 6.07) is 8.10. The maximum absolute atomic E-state index is 11.9. The van der Waals surface area contributed by atoms with E-state index in [1.54, 1.807) is 5.06 Å². The summed E-state index contributed by atoms with van der Waals surface area (Å²) in [4.78, 5) is 17.3. The molecule has 1 saturated heterocycles. The fourth-order valence-corrected chi connectivity index (χ4v) is 2.33. The van der Waals surface area contributed by atoms with E-state index in [1.807, 2.05) is 45.0 Å². The Labute approximate surface area is 131 Å². The molecule has 21 heavy (non-hydrogen) atoms. The summed E-state index contributed by atoms with van der Waals surface area (Å²) in [5.74, 6) is -0.181. The lowest BCUT2D eigenvalue weighted by molar-refractivity contribution is -0.204. The Bertz CT molecular complexity index is 491. The van der Waals surface area contributed by atoms with E-state index in [0.29, 0.717) is 6.04 Å². The van der Waals surface area contributed by atoms with Gasteiger partial charge < -0.3 is 10.2 Å². The highest BCUT2D eigenvalue weighted by Crippen LogP contribution is 2.24. The molecule has 0 spiro atoms. The lowest BCUT2D eigenvalue weighted by atomic mass is 9.98. The maximum atomic E-state index is 11.9.